The number of rotatable bonds is 3. The average Bonchev–Trinajstić information content (AvgIpc) is 2.30. The van der Waals surface area contributed by atoms with E-state index in [-0.39, 0.29) is 11.9 Å². The molecule has 1 fully saturated rings. The molecule has 1 aromatic carbocycles. The number of halogens is 1. The Labute approximate surface area is 107 Å². The third-order valence-electron chi connectivity index (χ3n) is 3.19. The summed E-state index contributed by atoms with van der Waals surface area (Å²) in [5, 5.41) is 0.644. The summed E-state index contributed by atoms with van der Waals surface area (Å²) in [6, 6.07) is 7.06. The van der Waals surface area contributed by atoms with Crippen molar-refractivity contribution >= 4 is 17.5 Å². The van der Waals surface area contributed by atoms with Gasteiger partial charge < -0.3 is 5.73 Å². The minimum Gasteiger partial charge on any atom is -0.368 e. The number of likely N-dealkylation sites (tertiary alicyclic amines) is 1. The highest BCUT2D eigenvalue weighted by Gasteiger charge is 2.26. The normalized spacial score (nSPS) is 18.9. The zero-order chi connectivity index (χ0) is 12.3. The number of nitrogens with two attached hydrogens (primary N) is 1. The molecule has 1 aliphatic heterocycles. The molecule has 92 valence electrons. The molecule has 17 heavy (non-hydrogen) atoms. The summed E-state index contributed by atoms with van der Waals surface area (Å²) < 4.78 is 0. The van der Waals surface area contributed by atoms with Crippen LogP contribution in [0.25, 0.3) is 0 Å². The van der Waals surface area contributed by atoms with Gasteiger partial charge in [-0.1, -0.05) is 30.2 Å². The Hall–Kier alpha value is -1.06. The molecule has 3 nitrogen and oxygen atoms in total. The zero-order valence-corrected chi connectivity index (χ0v) is 10.5. The van der Waals surface area contributed by atoms with Gasteiger partial charge >= 0.3 is 0 Å². The van der Waals surface area contributed by atoms with E-state index in [4.69, 9.17) is 17.3 Å². The quantitative estimate of drug-likeness (QED) is 0.898. The number of amides is 1. The maximum atomic E-state index is 11.6. The van der Waals surface area contributed by atoms with Crippen LogP contribution in [0, 0.1) is 0 Å². The first-order valence-electron chi connectivity index (χ1n) is 5.97. The number of hydrogen-bond donors (Lipinski definition) is 1. The van der Waals surface area contributed by atoms with Crippen LogP contribution in [0.3, 0.4) is 0 Å². The van der Waals surface area contributed by atoms with Gasteiger partial charge in [0.25, 0.3) is 0 Å². The maximum Gasteiger partial charge on any atom is 0.239 e. The molecule has 4 heteroatoms. The summed E-state index contributed by atoms with van der Waals surface area (Å²) in [5.41, 5.74) is 6.42. The Morgan fingerprint density at radius 1 is 1.29 bits per heavy atom. The van der Waals surface area contributed by atoms with Crippen LogP contribution in [0.15, 0.2) is 24.3 Å². The highest BCUT2D eigenvalue weighted by Crippen LogP contribution is 2.26. The minimum atomic E-state index is -0.339. The smallest absolute Gasteiger partial charge is 0.239 e. The molecule has 1 aromatic rings. The van der Waals surface area contributed by atoms with Crippen molar-refractivity contribution in [3.63, 3.8) is 0 Å². The fourth-order valence-electron chi connectivity index (χ4n) is 2.41. The SMILES string of the molecule is NC(=O)C(c1cccc(Cl)c1)N1CCCCC1. The largest absolute Gasteiger partial charge is 0.368 e. The van der Waals surface area contributed by atoms with Crippen LogP contribution in [-0.4, -0.2) is 23.9 Å². The monoisotopic (exact) mass is 252 g/mol. The number of benzene rings is 1. The van der Waals surface area contributed by atoms with Gasteiger partial charge in [0.05, 0.1) is 0 Å². The maximum absolute atomic E-state index is 11.6. The standard InChI is InChI=1S/C13H17ClN2O/c14-11-6-4-5-10(9-11)12(13(15)17)16-7-2-1-3-8-16/h4-6,9,12H,1-3,7-8H2,(H2,15,17). The van der Waals surface area contributed by atoms with Gasteiger partial charge in [-0.15, -0.1) is 0 Å². The number of carbonyl (C=O) groups is 1. The fraction of sp³-hybridized carbons (Fsp3) is 0.462. The summed E-state index contributed by atoms with van der Waals surface area (Å²) in [6.07, 6.45) is 3.49. The first-order valence-corrected chi connectivity index (χ1v) is 6.35. The van der Waals surface area contributed by atoms with E-state index in [1.165, 1.54) is 6.42 Å². The lowest BCUT2D eigenvalue weighted by Gasteiger charge is -2.32. The number of piperidine rings is 1. The molecule has 1 amide bonds. The van der Waals surface area contributed by atoms with E-state index >= 15 is 0 Å². The van der Waals surface area contributed by atoms with Gasteiger partial charge in [-0.2, -0.15) is 0 Å². The fourth-order valence-corrected chi connectivity index (χ4v) is 2.61. The van der Waals surface area contributed by atoms with Crippen molar-refractivity contribution in [3.05, 3.63) is 34.9 Å². The topological polar surface area (TPSA) is 46.3 Å². The molecule has 0 bridgehead atoms. The van der Waals surface area contributed by atoms with E-state index in [9.17, 15) is 4.79 Å². The Morgan fingerprint density at radius 3 is 2.59 bits per heavy atom. The first-order chi connectivity index (χ1) is 8.18. The van der Waals surface area contributed by atoms with Gasteiger partial charge in [0, 0.05) is 5.02 Å². The van der Waals surface area contributed by atoms with Crippen LogP contribution < -0.4 is 5.73 Å². The predicted molar refractivity (Wildman–Crippen MR) is 68.8 cm³/mol. The second-order valence-electron chi connectivity index (χ2n) is 4.46. The van der Waals surface area contributed by atoms with Gasteiger partial charge in [0.2, 0.25) is 5.91 Å². The molecular formula is C13H17ClN2O. The molecule has 1 aliphatic rings. The van der Waals surface area contributed by atoms with Crippen LogP contribution >= 0.6 is 11.6 Å². The molecule has 1 heterocycles. The highest BCUT2D eigenvalue weighted by molar-refractivity contribution is 6.30. The highest BCUT2D eigenvalue weighted by atomic mass is 35.5. The molecule has 0 spiro atoms. The molecule has 0 radical (unpaired) electrons. The van der Waals surface area contributed by atoms with E-state index in [1.54, 1.807) is 6.07 Å². The molecule has 1 saturated heterocycles. The lowest BCUT2D eigenvalue weighted by molar-refractivity contribution is -0.123. The Kier molecular flexibility index (Phi) is 4.02. The molecule has 0 aromatic heterocycles. The summed E-state index contributed by atoms with van der Waals surface area (Å²) in [7, 11) is 0. The van der Waals surface area contributed by atoms with Crippen molar-refractivity contribution in [2.45, 2.75) is 25.3 Å². The lowest BCUT2D eigenvalue weighted by atomic mass is 10.0. The van der Waals surface area contributed by atoms with Gasteiger partial charge in [-0.3, -0.25) is 9.69 Å². The summed E-state index contributed by atoms with van der Waals surface area (Å²) in [6.45, 7) is 1.86. The number of hydrogen-bond acceptors (Lipinski definition) is 2. The van der Waals surface area contributed by atoms with Crippen LogP contribution in [-0.2, 0) is 4.79 Å². The number of carbonyl (C=O) groups excluding carboxylic acids is 1. The number of primary amides is 1. The molecule has 0 saturated carbocycles. The van der Waals surface area contributed by atoms with Crippen molar-refractivity contribution in [1.82, 2.24) is 4.90 Å². The molecule has 1 unspecified atom stereocenters. The van der Waals surface area contributed by atoms with Gasteiger partial charge in [0.1, 0.15) is 6.04 Å². The van der Waals surface area contributed by atoms with E-state index in [0.717, 1.165) is 31.5 Å². The zero-order valence-electron chi connectivity index (χ0n) is 9.73. The Bertz CT molecular complexity index is 402. The molecule has 2 rings (SSSR count). The number of nitrogens with zero attached hydrogens (tertiary/aromatic N) is 1. The second-order valence-corrected chi connectivity index (χ2v) is 4.89. The van der Waals surface area contributed by atoms with Crippen molar-refractivity contribution in [1.29, 1.82) is 0 Å². The predicted octanol–water partition coefficient (Wildman–Crippen LogP) is 2.35. The van der Waals surface area contributed by atoms with Crippen LogP contribution in [0.5, 0.6) is 0 Å². The Balaban J connectivity index is 2.25. The Morgan fingerprint density at radius 2 is 2.00 bits per heavy atom. The van der Waals surface area contributed by atoms with E-state index in [2.05, 4.69) is 4.90 Å². The van der Waals surface area contributed by atoms with Crippen molar-refractivity contribution in [2.24, 2.45) is 5.73 Å². The van der Waals surface area contributed by atoms with Crippen molar-refractivity contribution in [3.8, 4) is 0 Å². The van der Waals surface area contributed by atoms with Crippen LogP contribution in [0.4, 0.5) is 0 Å². The summed E-state index contributed by atoms with van der Waals surface area (Å²) in [5.74, 6) is -0.297. The summed E-state index contributed by atoms with van der Waals surface area (Å²) >= 11 is 5.96. The summed E-state index contributed by atoms with van der Waals surface area (Å²) in [4.78, 5) is 13.8. The second kappa shape index (κ2) is 5.52. The third kappa shape index (κ3) is 2.99. The third-order valence-corrected chi connectivity index (χ3v) is 3.42. The lowest BCUT2D eigenvalue weighted by Crippen LogP contribution is -2.40. The van der Waals surface area contributed by atoms with Crippen molar-refractivity contribution in [2.75, 3.05) is 13.1 Å². The van der Waals surface area contributed by atoms with Gasteiger partial charge in [-0.05, 0) is 43.6 Å². The van der Waals surface area contributed by atoms with Crippen LogP contribution in [0.1, 0.15) is 30.9 Å². The first kappa shape index (κ1) is 12.4. The van der Waals surface area contributed by atoms with Gasteiger partial charge in [0.15, 0.2) is 0 Å². The average molecular weight is 253 g/mol. The molecule has 0 aliphatic carbocycles. The van der Waals surface area contributed by atoms with E-state index in [1.807, 2.05) is 18.2 Å². The molecule has 2 N–H and O–H groups in total. The minimum absolute atomic E-state index is 0.297. The van der Waals surface area contributed by atoms with Crippen molar-refractivity contribution < 1.29 is 4.79 Å². The van der Waals surface area contributed by atoms with E-state index in [0.29, 0.717) is 5.02 Å². The molecule has 1 atom stereocenters. The molecular weight excluding hydrogens is 236 g/mol. The van der Waals surface area contributed by atoms with E-state index < -0.39 is 0 Å². The van der Waals surface area contributed by atoms with Crippen LogP contribution in [0.2, 0.25) is 5.02 Å². The van der Waals surface area contributed by atoms with Gasteiger partial charge in [-0.25, -0.2) is 0 Å².